The molecule has 2 rings (SSSR count). The molecule has 0 aliphatic carbocycles. The van der Waals surface area contributed by atoms with Gasteiger partial charge in [-0.15, -0.1) is 0 Å². The lowest BCUT2D eigenvalue weighted by Crippen LogP contribution is -2.46. The molecule has 152 valence electrons. The van der Waals surface area contributed by atoms with Crippen molar-refractivity contribution in [3.8, 4) is 17.3 Å². The predicted molar refractivity (Wildman–Crippen MR) is 99.4 cm³/mol. The Balaban J connectivity index is 1.86. The number of hydrogen-bond acceptors (Lipinski definition) is 8. The zero-order valence-corrected chi connectivity index (χ0v) is 16.6. The molecule has 0 aliphatic heterocycles. The first kappa shape index (κ1) is 21.1. The minimum atomic E-state index is -0.785. The van der Waals surface area contributed by atoms with E-state index in [1.54, 1.807) is 46.0 Å². The maximum atomic E-state index is 12.1. The van der Waals surface area contributed by atoms with Crippen molar-refractivity contribution in [3.63, 3.8) is 0 Å². The van der Waals surface area contributed by atoms with Gasteiger partial charge in [0.15, 0.2) is 0 Å². The molecule has 2 heterocycles. The topological polar surface area (TPSA) is 128 Å². The molecule has 0 bridgehead atoms. The van der Waals surface area contributed by atoms with Crippen LogP contribution in [0.15, 0.2) is 22.9 Å². The van der Waals surface area contributed by atoms with Gasteiger partial charge >= 0.3 is 6.09 Å². The number of carbonyl (C=O) groups is 2. The van der Waals surface area contributed by atoms with E-state index in [-0.39, 0.29) is 12.4 Å². The molecule has 1 atom stereocenters. The third-order valence-corrected chi connectivity index (χ3v) is 3.30. The van der Waals surface area contributed by atoms with Crippen LogP contribution in [0.2, 0.25) is 0 Å². The number of pyridine rings is 1. The molecule has 0 unspecified atom stereocenters. The minimum absolute atomic E-state index is 0.0244. The number of carbonyl (C=O) groups excluding carboxylic acids is 2. The van der Waals surface area contributed by atoms with Crippen molar-refractivity contribution < 1.29 is 23.6 Å². The molecule has 2 amide bonds. The third kappa shape index (κ3) is 6.53. The number of ether oxygens (including phenoxy) is 2. The second-order valence-electron chi connectivity index (χ2n) is 6.92. The van der Waals surface area contributed by atoms with Crippen LogP contribution < -0.4 is 15.4 Å². The van der Waals surface area contributed by atoms with E-state index in [9.17, 15) is 9.59 Å². The number of nitrogens with zero attached hydrogens (tertiary/aromatic N) is 3. The summed E-state index contributed by atoms with van der Waals surface area (Å²) in [4.78, 5) is 32.2. The molecule has 28 heavy (non-hydrogen) atoms. The van der Waals surface area contributed by atoms with Gasteiger partial charge in [-0.25, -0.2) is 9.78 Å². The molecule has 2 N–H and O–H groups in total. The van der Waals surface area contributed by atoms with E-state index in [0.29, 0.717) is 23.9 Å². The highest BCUT2D eigenvalue weighted by atomic mass is 16.6. The summed E-state index contributed by atoms with van der Waals surface area (Å²) in [5.74, 6) is 0.670. The normalized spacial score (nSPS) is 12.2. The Morgan fingerprint density at radius 1 is 1.29 bits per heavy atom. The summed E-state index contributed by atoms with van der Waals surface area (Å²) in [6.07, 6.45) is 0.906. The highest BCUT2D eigenvalue weighted by Gasteiger charge is 2.21. The van der Waals surface area contributed by atoms with Gasteiger partial charge in [-0.3, -0.25) is 4.79 Å². The van der Waals surface area contributed by atoms with Gasteiger partial charge in [0.25, 0.3) is 0 Å². The largest absolute Gasteiger partial charge is 0.478 e. The third-order valence-electron chi connectivity index (χ3n) is 3.30. The first-order valence-corrected chi connectivity index (χ1v) is 8.87. The molecule has 2 aromatic rings. The van der Waals surface area contributed by atoms with Gasteiger partial charge in [-0.05, 0) is 40.7 Å². The van der Waals surface area contributed by atoms with Gasteiger partial charge in [0.2, 0.25) is 23.5 Å². The van der Waals surface area contributed by atoms with Crippen molar-refractivity contribution in [3.05, 3.63) is 24.2 Å². The van der Waals surface area contributed by atoms with Crippen molar-refractivity contribution in [2.24, 2.45) is 0 Å². The molecule has 0 fully saturated rings. The molecule has 0 radical (unpaired) electrons. The van der Waals surface area contributed by atoms with E-state index in [1.165, 1.54) is 0 Å². The Hall–Kier alpha value is -3.17. The van der Waals surface area contributed by atoms with Crippen LogP contribution in [-0.2, 0) is 16.1 Å². The van der Waals surface area contributed by atoms with Crippen molar-refractivity contribution >= 4 is 12.0 Å². The lowest BCUT2D eigenvalue weighted by atomic mass is 10.2. The first-order chi connectivity index (χ1) is 13.2. The summed E-state index contributed by atoms with van der Waals surface area (Å²) in [5, 5.41) is 8.94. The van der Waals surface area contributed by atoms with Crippen LogP contribution >= 0.6 is 0 Å². The van der Waals surface area contributed by atoms with E-state index in [0.717, 1.165) is 0 Å². The van der Waals surface area contributed by atoms with E-state index < -0.39 is 23.6 Å². The minimum Gasteiger partial charge on any atom is -0.478 e. The summed E-state index contributed by atoms with van der Waals surface area (Å²) >= 11 is 0. The van der Waals surface area contributed by atoms with Crippen molar-refractivity contribution in [2.75, 3.05) is 6.61 Å². The average molecular weight is 391 g/mol. The Bertz CT molecular complexity index is 797. The monoisotopic (exact) mass is 391 g/mol. The Morgan fingerprint density at radius 3 is 2.64 bits per heavy atom. The van der Waals surface area contributed by atoms with E-state index in [1.807, 2.05) is 6.92 Å². The van der Waals surface area contributed by atoms with Crippen LogP contribution in [-0.4, -0.2) is 45.4 Å². The van der Waals surface area contributed by atoms with Gasteiger partial charge in [0, 0.05) is 17.8 Å². The summed E-state index contributed by atoms with van der Waals surface area (Å²) in [7, 11) is 0. The molecule has 2 aromatic heterocycles. The van der Waals surface area contributed by atoms with Gasteiger partial charge in [-0.2, -0.15) is 4.98 Å². The number of nitrogens with one attached hydrogen (secondary N) is 2. The van der Waals surface area contributed by atoms with Gasteiger partial charge in [0.05, 0.1) is 13.2 Å². The summed E-state index contributed by atoms with van der Waals surface area (Å²) in [5.41, 5.74) is 0.0145. The molecule has 0 aromatic carbocycles. The molecule has 0 saturated carbocycles. The Labute approximate surface area is 163 Å². The second-order valence-corrected chi connectivity index (χ2v) is 6.92. The van der Waals surface area contributed by atoms with Crippen LogP contribution in [0.5, 0.6) is 5.88 Å². The van der Waals surface area contributed by atoms with Crippen LogP contribution in [0.25, 0.3) is 11.4 Å². The van der Waals surface area contributed by atoms with E-state index in [4.69, 9.17) is 14.0 Å². The van der Waals surface area contributed by atoms with Crippen molar-refractivity contribution in [1.29, 1.82) is 0 Å². The van der Waals surface area contributed by atoms with E-state index in [2.05, 4.69) is 25.8 Å². The van der Waals surface area contributed by atoms with Gasteiger partial charge in [0.1, 0.15) is 11.6 Å². The maximum Gasteiger partial charge on any atom is 0.408 e. The highest BCUT2D eigenvalue weighted by molar-refractivity contribution is 5.85. The Morgan fingerprint density at radius 2 is 2.04 bits per heavy atom. The molecular formula is C18H25N5O5. The SMILES string of the molecule is CCOc1ccc(-c2noc(CNC(=O)[C@H](C)NC(=O)OC(C)(C)C)n2)cn1. The quantitative estimate of drug-likeness (QED) is 0.734. The number of hydrogen-bond donors (Lipinski definition) is 2. The van der Waals surface area contributed by atoms with Crippen LogP contribution in [0.1, 0.15) is 40.5 Å². The van der Waals surface area contributed by atoms with Crippen molar-refractivity contribution in [1.82, 2.24) is 25.8 Å². The van der Waals surface area contributed by atoms with Gasteiger partial charge < -0.3 is 24.6 Å². The number of alkyl carbamates (subject to hydrolysis) is 1. The lowest BCUT2D eigenvalue weighted by molar-refractivity contribution is -0.123. The van der Waals surface area contributed by atoms with E-state index >= 15 is 0 Å². The van der Waals surface area contributed by atoms with Crippen LogP contribution in [0.3, 0.4) is 0 Å². The summed E-state index contributed by atoms with van der Waals surface area (Å²) in [6.45, 7) is 9.19. The molecular weight excluding hydrogens is 366 g/mol. The predicted octanol–water partition coefficient (Wildman–Crippen LogP) is 2.06. The number of aromatic nitrogens is 3. The lowest BCUT2D eigenvalue weighted by Gasteiger charge is -2.21. The van der Waals surface area contributed by atoms with Crippen LogP contribution in [0, 0.1) is 0 Å². The fraction of sp³-hybridized carbons (Fsp3) is 0.500. The van der Waals surface area contributed by atoms with Crippen molar-refractivity contribution in [2.45, 2.75) is 52.8 Å². The first-order valence-electron chi connectivity index (χ1n) is 8.87. The maximum absolute atomic E-state index is 12.1. The fourth-order valence-electron chi connectivity index (χ4n) is 2.06. The average Bonchev–Trinajstić information content (AvgIpc) is 3.07. The summed E-state index contributed by atoms with van der Waals surface area (Å²) in [6, 6.07) is 2.69. The summed E-state index contributed by atoms with van der Waals surface area (Å²) < 4.78 is 15.5. The molecule has 0 spiro atoms. The highest BCUT2D eigenvalue weighted by Crippen LogP contribution is 2.17. The molecule has 0 aliphatic rings. The van der Waals surface area contributed by atoms with Gasteiger partial charge in [-0.1, -0.05) is 5.16 Å². The van der Waals surface area contributed by atoms with Crippen LogP contribution in [0.4, 0.5) is 4.79 Å². The zero-order chi connectivity index (χ0) is 20.7. The molecule has 0 saturated heterocycles. The molecule has 10 nitrogen and oxygen atoms in total. The molecule has 10 heteroatoms. The zero-order valence-electron chi connectivity index (χ0n) is 16.6. The second kappa shape index (κ2) is 9.16. The standard InChI is InChI=1S/C18H25N5O5/c1-6-26-13-8-7-12(9-19-13)15-22-14(28-23-15)10-20-16(24)11(2)21-17(25)27-18(3,4)5/h7-9,11H,6,10H2,1-5H3,(H,20,24)(H,21,25)/t11-/m0/s1. The smallest absolute Gasteiger partial charge is 0.408 e. The Kier molecular flexibility index (Phi) is 6.91. The number of amides is 2. The number of rotatable bonds is 7. The fourth-order valence-corrected chi connectivity index (χ4v) is 2.06.